The second-order valence-corrected chi connectivity index (χ2v) is 5.49. The Balaban J connectivity index is 2.20. The van der Waals surface area contributed by atoms with E-state index in [1.54, 1.807) is 0 Å². The van der Waals surface area contributed by atoms with Gasteiger partial charge in [-0.25, -0.2) is 4.79 Å². The third-order valence-electron chi connectivity index (χ3n) is 3.59. The Morgan fingerprint density at radius 3 is 2.82 bits per heavy atom. The number of oxime groups is 1. The summed E-state index contributed by atoms with van der Waals surface area (Å²) in [5, 5.41) is 12.9. The van der Waals surface area contributed by atoms with Crippen LogP contribution in [-0.2, 0) is 14.4 Å². The molecule has 1 N–H and O–H groups in total. The number of hydrogen-bond donors (Lipinski definition) is 1. The van der Waals surface area contributed by atoms with Crippen molar-refractivity contribution in [2.45, 2.75) is 45.3 Å². The third-order valence-corrected chi connectivity index (χ3v) is 3.59. The monoisotopic (exact) mass is 241 g/mol. The number of carboxylic acid groups (broad SMARTS) is 1. The lowest BCUT2D eigenvalue weighted by Crippen LogP contribution is -2.46. The molecule has 96 valence electrons. The molecule has 2 aliphatic rings. The Hall–Kier alpha value is -1.10. The van der Waals surface area contributed by atoms with Crippen LogP contribution < -0.4 is 0 Å². The summed E-state index contributed by atoms with van der Waals surface area (Å²) in [6, 6.07) is 0. The van der Waals surface area contributed by atoms with E-state index in [9.17, 15) is 4.79 Å². The number of nitrogens with zero attached hydrogens (tertiary/aromatic N) is 1. The van der Waals surface area contributed by atoms with Crippen molar-refractivity contribution in [3.8, 4) is 0 Å². The van der Waals surface area contributed by atoms with Crippen molar-refractivity contribution in [2.75, 3.05) is 6.61 Å². The molecular weight excluding hydrogens is 222 g/mol. The standard InChI is InChI=1S/C12H19NO4/c1-7-4-5-16-8(6-7)9-10(11(14)15)13-17-12(9,2)3/h7-9H,4-6H2,1-3H3,(H,14,15)/t7-,8-,9-/m1/s1. The van der Waals surface area contributed by atoms with Gasteiger partial charge < -0.3 is 14.7 Å². The van der Waals surface area contributed by atoms with Crippen LogP contribution in [0.1, 0.15) is 33.6 Å². The highest BCUT2D eigenvalue weighted by Gasteiger charge is 2.50. The Labute approximate surface area is 101 Å². The smallest absolute Gasteiger partial charge is 0.354 e. The summed E-state index contributed by atoms with van der Waals surface area (Å²) in [7, 11) is 0. The van der Waals surface area contributed by atoms with Gasteiger partial charge in [0.1, 0.15) is 5.60 Å². The quantitative estimate of drug-likeness (QED) is 0.798. The SMILES string of the molecule is C[C@@H]1CCO[C@@H]([C@@H]2C(C(=O)O)=NOC2(C)C)C1. The van der Waals surface area contributed by atoms with Gasteiger partial charge >= 0.3 is 5.97 Å². The van der Waals surface area contributed by atoms with Crippen molar-refractivity contribution in [1.82, 2.24) is 0 Å². The van der Waals surface area contributed by atoms with Crippen LogP contribution in [-0.4, -0.2) is 35.1 Å². The van der Waals surface area contributed by atoms with Gasteiger partial charge in [0.25, 0.3) is 0 Å². The molecule has 0 aliphatic carbocycles. The molecule has 0 aromatic rings. The van der Waals surface area contributed by atoms with Gasteiger partial charge in [-0.3, -0.25) is 0 Å². The van der Waals surface area contributed by atoms with Gasteiger partial charge in [-0.1, -0.05) is 12.1 Å². The molecule has 0 aromatic carbocycles. The van der Waals surface area contributed by atoms with E-state index < -0.39 is 11.6 Å². The van der Waals surface area contributed by atoms with Gasteiger partial charge in [0.05, 0.1) is 12.0 Å². The molecule has 0 amide bonds. The normalized spacial score (nSPS) is 36.2. The fourth-order valence-corrected chi connectivity index (χ4v) is 2.64. The average molecular weight is 241 g/mol. The van der Waals surface area contributed by atoms with E-state index in [1.165, 1.54) is 0 Å². The van der Waals surface area contributed by atoms with Gasteiger partial charge in [0, 0.05) is 6.61 Å². The summed E-state index contributed by atoms with van der Waals surface area (Å²) in [5.41, 5.74) is -0.510. The third kappa shape index (κ3) is 2.29. The molecule has 17 heavy (non-hydrogen) atoms. The second-order valence-electron chi connectivity index (χ2n) is 5.49. The van der Waals surface area contributed by atoms with Crippen LogP contribution in [0.4, 0.5) is 0 Å². The molecule has 2 rings (SSSR count). The van der Waals surface area contributed by atoms with Crippen LogP contribution in [0.5, 0.6) is 0 Å². The molecule has 1 fully saturated rings. The van der Waals surface area contributed by atoms with Gasteiger partial charge in [-0.2, -0.15) is 0 Å². The van der Waals surface area contributed by atoms with E-state index in [4.69, 9.17) is 14.7 Å². The zero-order valence-electron chi connectivity index (χ0n) is 10.5. The van der Waals surface area contributed by atoms with Gasteiger partial charge in [0.2, 0.25) is 0 Å². The van der Waals surface area contributed by atoms with E-state index in [0.717, 1.165) is 12.8 Å². The fraction of sp³-hybridized carbons (Fsp3) is 0.833. The first-order valence-electron chi connectivity index (χ1n) is 6.03. The van der Waals surface area contributed by atoms with Gasteiger partial charge in [-0.05, 0) is 32.6 Å². The van der Waals surface area contributed by atoms with Crippen LogP contribution in [0.2, 0.25) is 0 Å². The summed E-state index contributed by atoms with van der Waals surface area (Å²) in [6.45, 7) is 6.57. The van der Waals surface area contributed by atoms with Crippen LogP contribution in [0.25, 0.3) is 0 Å². The summed E-state index contributed by atoms with van der Waals surface area (Å²) in [6.07, 6.45) is 1.79. The first kappa shape index (κ1) is 12.4. The van der Waals surface area contributed by atoms with Crippen molar-refractivity contribution >= 4 is 11.7 Å². The molecule has 0 aromatic heterocycles. The lowest BCUT2D eigenvalue weighted by Gasteiger charge is -2.36. The van der Waals surface area contributed by atoms with E-state index >= 15 is 0 Å². The molecule has 3 atom stereocenters. The minimum absolute atomic E-state index is 0.0918. The highest BCUT2D eigenvalue weighted by Crippen LogP contribution is 2.37. The van der Waals surface area contributed by atoms with E-state index in [-0.39, 0.29) is 17.7 Å². The number of carbonyl (C=O) groups is 1. The van der Waals surface area contributed by atoms with Crippen molar-refractivity contribution < 1.29 is 19.5 Å². The van der Waals surface area contributed by atoms with E-state index in [0.29, 0.717) is 12.5 Å². The number of aliphatic carboxylic acids is 1. The second kappa shape index (κ2) is 4.29. The summed E-state index contributed by atoms with van der Waals surface area (Å²) in [5.74, 6) is -0.745. The lowest BCUT2D eigenvalue weighted by atomic mass is 9.78. The van der Waals surface area contributed by atoms with Crippen LogP contribution in [0.15, 0.2) is 5.16 Å². The lowest BCUT2D eigenvalue weighted by molar-refractivity contribution is -0.130. The van der Waals surface area contributed by atoms with Crippen molar-refractivity contribution in [1.29, 1.82) is 0 Å². The summed E-state index contributed by atoms with van der Waals surface area (Å²) >= 11 is 0. The topological polar surface area (TPSA) is 68.1 Å². The van der Waals surface area contributed by atoms with Crippen molar-refractivity contribution in [2.24, 2.45) is 17.0 Å². The highest BCUT2D eigenvalue weighted by atomic mass is 16.7. The van der Waals surface area contributed by atoms with E-state index in [2.05, 4.69) is 12.1 Å². The molecule has 0 saturated carbocycles. The van der Waals surface area contributed by atoms with Gasteiger partial charge in [0.15, 0.2) is 5.71 Å². The predicted octanol–water partition coefficient (Wildman–Crippen LogP) is 1.67. The van der Waals surface area contributed by atoms with Crippen LogP contribution in [0, 0.1) is 11.8 Å². The Kier molecular flexibility index (Phi) is 3.12. The molecule has 5 nitrogen and oxygen atoms in total. The molecule has 5 heteroatoms. The molecular formula is C12H19NO4. The molecule has 0 spiro atoms. The molecule has 0 radical (unpaired) electrons. The molecule has 0 unspecified atom stereocenters. The number of carboxylic acids is 1. The number of rotatable bonds is 2. The highest BCUT2D eigenvalue weighted by molar-refractivity contribution is 6.37. The zero-order chi connectivity index (χ0) is 12.6. The molecule has 2 heterocycles. The molecule has 2 aliphatic heterocycles. The summed E-state index contributed by atoms with van der Waals surface area (Å²) < 4.78 is 5.72. The van der Waals surface area contributed by atoms with Crippen LogP contribution >= 0.6 is 0 Å². The Bertz CT molecular complexity index is 350. The minimum atomic E-state index is -1.01. The number of hydrogen-bond acceptors (Lipinski definition) is 4. The largest absolute Gasteiger partial charge is 0.477 e. The minimum Gasteiger partial charge on any atom is -0.477 e. The predicted molar refractivity (Wildman–Crippen MR) is 61.9 cm³/mol. The molecule has 1 saturated heterocycles. The number of ether oxygens (including phenoxy) is 1. The van der Waals surface area contributed by atoms with Gasteiger partial charge in [-0.15, -0.1) is 0 Å². The first-order valence-corrected chi connectivity index (χ1v) is 6.03. The van der Waals surface area contributed by atoms with Crippen molar-refractivity contribution in [3.63, 3.8) is 0 Å². The maximum absolute atomic E-state index is 11.2. The Morgan fingerprint density at radius 2 is 2.24 bits per heavy atom. The molecule has 0 bridgehead atoms. The van der Waals surface area contributed by atoms with Crippen molar-refractivity contribution in [3.05, 3.63) is 0 Å². The Morgan fingerprint density at radius 1 is 1.53 bits per heavy atom. The van der Waals surface area contributed by atoms with E-state index in [1.807, 2.05) is 13.8 Å². The fourth-order valence-electron chi connectivity index (χ4n) is 2.64. The average Bonchev–Trinajstić information content (AvgIpc) is 2.54. The zero-order valence-corrected chi connectivity index (χ0v) is 10.5. The maximum Gasteiger partial charge on any atom is 0.354 e. The van der Waals surface area contributed by atoms with Crippen LogP contribution in [0.3, 0.4) is 0 Å². The summed E-state index contributed by atoms with van der Waals surface area (Å²) in [4.78, 5) is 16.4. The first-order chi connectivity index (χ1) is 7.92. The maximum atomic E-state index is 11.2.